The van der Waals surface area contributed by atoms with E-state index < -0.39 is 0 Å². The summed E-state index contributed by atoms with van der Waals surface area (Å²) in [7, 11) is 0. The van der Waals surface area contributed by atoms with Crippen molar-refractivity contribution in [1.82, 2.24) is 30.8 Å². The summed E-state index contributed by atoms with van der Waals surface area (Å²) in [5, 5.41) is 0. The average molecular weight is 353 g/mol. The van der Waals surface area contributed by atoms with Gasteiger partial charge in [-0.3, -0.25) is 0 Å². The molecule has 0 aliphatic heterocycles. The third kappa shape index (κ3) is 228. The molecule has 8 heteroatoms. The quantitative estimate of drug-likeness (QED) is 0.444. The van der Waals surface area contributed by atoms with Gasteiger partial charge in [-0.05, 0) is 0 Å². The monoisotopic (exact) mass is 352 g/mol. The predicted octanol–water partition coefficient (Wildman–Crippen LogP) is 1.65. The summed E-state index contributed by atoms with van der Waals surface area (Å²) in [6.07, 6.45) is 0. The van der Waals surface area contributed by atoms with Crippen molar-refractivity contribution in [2.45, 2.75) is 0 Å². The number of halogens is 2. The Labute approximate surface area is 76.7 Å². The van der Waals surface area contributed by atoms with Crippen molar-refractivity contribution in [3.63, 3.8) is 0 Å². The van der Waals surface area contributed by atoms with E-state index >= 15 is 0 Å². The van der Waals surface area contributed by atoms with E-state index in [4.69, 9.17) is 0 Å². The largest absolute Gasteiger partial charge is 0.344 e. The van der Waals surface area contributed by atoms with Crippen molar-refractivity contribution in [3.05, 3.63) is 0 Å². The molecule has 0 amide bonds. The molecule has 0 aromatic heterocycles. The standard InChI is InChI=1S/2ClH.5H3N.Pt/h2*1H;5*1H3;. The van der Waals surface area contributed by atoms with Crippen LogP contribution in [0.15, 0.2) is 0 Å². The van der Waals surface area contributed by atoms with Crippen molar-refractivity contribution in [2.75, 3.05) is 0 Å². The Morgan fingerprint density at radius 1 is 0.375 bits per heavy atom. The predicted molar refractivity (Wildman–Crippen MR) is 39.6 cm³/mol. The van der Waals surface area contributed by atoms with E-state index in [1.807, 2.05) is 0 Å². The fourth-order valence-corrected chi connectivity index (χ4v) is 0. The fraction of sp³-hybridized carbons (Fsp3) is 0. The summed E-state index contributed by atoms with van der Waals surface area (Å²) in [6.45, 7) is 0. The molecule has 0 aliphatic rings. The molecule has 0 spiro atoms. The Hall–Kier alpha value is 1.07. The van der Waals surface area contributed by atoms with Gasteiger partial charge in [-0.2, -0.15) is 0 Å². The molecular formula is H17Cl2N5Pt. The summed E-state index contributed by atoms with van der Waals surface area (Å²) in [6, 6.07) is 0. The van der Waals surface area contributed by atoms with Crippen molar-refractivity contribution in [1.29, 1.82) is 0 Å². The van der Waals surface area contributed by atoms with Gasteiger partial charge >= 0.3 is 0 Å². The molecule has 0 atom stereocenters. The maximum atomic E-state index is 0. The molecule has 0 aromatic carbocycles. The van der Waals surface area contributed by atoms with Gasteiger partial charge in [0.1, 0.15) is 0 Å². The van der Waals surface area contributed by atoms with Crippen LogP contribution in [-0.2, 0) is 21.1 Å². The van der Waals surface area contributed by atoms with Gasteiger partial charge in [0.2, 0.25) is 0 Å². The second kappa shape index (κ2) is 353. The van der Waals surface area contributed by atoms with E-state index in [0.717, 1.165) is 0 Å². The van der Waals surface area contributed by atoms with E-state index in [9.17, 15) is 0 Å². The van der Waals surface area contributed by atoms with E-state index in [1.165, 1.54) is 0 Å². The Morgan fingerprint density at radius 3 is 0.375 bits per heavy atom. The summed E-state index contributed by atoms with van der Waals surface area (Å²) < 4.78 is 0. The van der Waals surface area contributed by atoms with Crippen LogP contribution < -0.4 is 30.8 Å². The zero-order valence-electron chi connectivity index (χ0n) is 4.67. The zero-order valence-corrected chi connectivity index (χ0v) is 8.57. The van der Waals surface area contributed by atoms with Gasteiger partial charge in [0.05, 0.1) is 0 Å². The molecule has 0 saturated heterocycles. The van der Waals surface area contributed by atoms with E-state index in [1.54, 1.807) is 0 Å². The minimum Gasteiger partial charge on any atom is -0.344 e. The van der Waals surface area contributed by atoms with Gasteiger partial charge in [-0.25, -0.2) is 0 Å². The summed E-state index contributed by atoms with van der Waals surface area (Å²) in [5.41, 5.74) is 0. The number of rotatable bonds is 0. The Kier molecular flexibility index (Phi) is 22800. The second-order valence-electron chi connectivity index (χ2n) is 0. The van der Waals surface area contributed by atoms with Gasteiger partial charge in [0.25, 0.3) is 0 Å². The molecule has 0 aromatic rings. The van der Waals surface area contributed by atoms with Crippen LogP contribution in [0.3, 0.4) is 0 Å². The summed E-state index contributed by atoms with van der Waals surface area (Å²) in [4.78, 5) is 0. The van der Waals surface area contributed by atoms with Crippen LogP contribution in [-0.4, -0.2) is 0 Å². The Bertz CT molecular complexity index is 10.4. The topological polar surface area (TPSA) is 175 Å². The molecule has 0 radical (unpaired) electrons. The van der Waals surface area contributed by atoms with Crippen LogP contribution in [0.4, 0.5) is 0 Å². The molecule has 66 valence electrons. The number of hydrogen-bond acceptors (Lipinski definition) is 5. The molecule has 0 fully saturated rings. The van der Waals surface area contributed by atoms with Crippen LogP contribution >= 0.6 is 24.8 Å². The molecule has 0 rings (SSSR count). The van der Waals surface area contributed by atoms with Crippen molar-refractivity contribution < 1.29 is 21.1 Å². The van der Waals surface area contributed by atoms with Crippen molar-refractivity contribution in [3.8, 4) is 0 Å². The molecule has 0 unspecified atom stereocenters. The normalized spacial score (nSPS) is 0. The first-order valence-corrected chi connectivity index (χ1v) is 0. The average Bonchev–Trinajstić information content (AvgIpc) is 0. The third-order valence-corrected chi connectivity index (χ3v) is 0. The Morgan fingerprint density at radius 2 is 0.375 bits per heavy atom. The minimum absolute atomic E-state index is 0. The van der Waals surface area contributed by atoms with Crippen molar-refractivity contribution >= 4 is 24.8 Å². The molecule has 0 saturated carbocycles. The van der Waals surface area contributed by atoms with Crippen LogP contribution in [0.5, 0.6) is 0 Å². The van der Waals surface area contributed by atoms with Gasteiger partial charge in [0.15, 0.2) is 0 Å². The first-order valence-electron chi connectivity index (χ1n) is 0. The van der Waals surface area contributed by atoms with E-state index in [-0.39, 0.29) is 76.6 Å². The van der Waals surface area contributed by atoms with Gasteiger partial charge in [-0.1, -0.05) is 0 Å². The molecule has 5 nitrogen and oxygen atoms in total. The number of hydrogen-bond donors (Lipinski definition) is 5. The SMILES string of the molecule is Cl.Cl.N.N.N.N.N.[Pt]. The molecule has 0 heterocycles. The maximum Gasteiger partial charge on any atom is 0 e. The van der Waals surface area contributed by atoms with Crippen molar-refractivity contribution in [2.24, 2.45) is 0 Å². The summed E-state index contributed by atoms with van der Waals surface area (Å²) in [5.74, 6) is 0. The first-order chi connectivity index (χ1) is 0. The van der Waals surface area contributed by atoms with Gasteiger partial charge in [0, 0.05) is 21.1 Å². The van der Waals surface area contributed by atoms with E-state index in [2.05, 4.69) is 0 Å². The van der Waals surface area contributed by atoms with Crippen LogP contribution in [0, 0.1) is 0 Å². The van der Waals surface area contributed by atoms with Crippen LogP contribution in [0.1, 0.15) is 0 Å². The van der Waals surface area contributed by atoms with Crippen LogP contribution in [0.25, 0.3) is 0 Å². The van der Waals surface area contributed by atoms with Crippen LogP contribution in [0.2, 0.25) is 0 Å². The van der Waals surface area contributed by atoms with Gasteiger partial charge in [-0.15, -0.1) is 24.8 Å². The molecular weight excluding hydrogens is 336 g/mol. The summed E-state index contributed by atoms with van der Waals surface area (Å²) >= 11 is 0. The molecule has 8 heavy (non-hydrogen) atoms. The molecule has 0 aliphatic carbocycles. The maximum absolute atomic E-state index is 0. The second-order valence-corrected chi connectivity index (χ2v) is 0. The molecule has 0 bridgehead atoms. The molecule has 15 N–H and O–H groups in total. The smallest absolute Gasteiger partial charge is 0 e. The third-order valence-electron chi connectivity index (χ3n) is 0. The zero-order chi connectivity index (χ0) is 0. The minimum atomic E-state index is 0. The van der Waals surface area contributed by atoms with Gasteiger partial charge < -0.3 is 30.8 Å². The van der Waals surface area contributed by atoms with E-state index in [0.29, 0.717) is 0 Å². The Balaban J connectivity index is 0. The fourth-order valence-electron chi connectivity index (χ4n) is 0. The first kappa shape index (κ1) is 517.